The SMILES string of the molecule is O=C(Nc1cccn2cnnc12)N[C@H]1CCCN(Cc2cccs2)C1. The summed E-state index contributed by atoms with van der Waals surface area (Å²) >= 11 is 1.78. The lowest BCUT2D eigenvalue weighted by Crippen LogP contribution is -2.48. The molecule has 8 heteroatoms. The van der Waals surface area contributed by atoms with Crippen LogP contribution in [0.25, 0.3) is 5.65 Å². The lowest BCUT2D eigenvalue weighted by molar-refractivity contribution is 0.184. The molecule has 0 saturated carbocycles. The summed E-state index contributed by atoms with van der Waals surface area (Å²) in [5.41, 5.74) is 1.30. The standard InChI is InChI=1S/C17H20N6OS/c24-17(20-15-6-2-8-23-12-18-21-16(15)23)19-13-4-1-7-22(10-13)11-14-5-3-9-25-14/h2-3,5-6,8-9,12-13H,1,4,7,10-11H2,(H2,19,20,24)/t13-/m0/s1. The molecule has 2 amide bonds. The van der Waals surface area contributed by atoms with Gasteiger partial charge in [-0.15, -0.1) is 21.5 Å². The largest absolute Gasteiger partial charge is 0.334 e. The van der Waals surface area contributed by atoms with Gasteiger partial charge >= 0.3 is 6.03 Å². The molecule has 0 aliphatic carbocycles. The van der Waals surface area contributed by atoms with Crippen molar-refractivity contribution in [2.75, 3.05) is 18.4 Å². The van der Waals surface area contributed by atoms with Crippen molar-refractivity contribution in [2.24, 2.45) is 0 Å². The number of nitrogens with one attached hydrogen (secondary N) is 2. The summed E-state index contributed by atoms with van der Waals surface area (Å²) in [4.78, 5) is 16.1. The molecule has 1 aliphatic rings. The zero-order chi connectivity index (χ0) is 17.1. The molecule has 25 heavy (non-hydrogen) atoms. The molecule has 0 spiro atoms. The Kier molecular flexibility index (Phi) is 4.62. The Morgan fingerprint density at radius 1 is 1.36 bits per heavy atom. The molecule has 4 rings (SSSR count). The highest BCUT2D eigenvalue weighted by molar-refractivity contribution is 7.09. The van der Waals surface area contributed by atoms with Crippen LogP contribution in [0.3, 0.4) is 0 Å². The van der Waals surface area contributed by atoms with Crippen LogP contribution in [0.1, 0.15) is 17.7 Å². The van der Waals surface area contributed by atoms with Gasteiger partial charge in [-0.25, -0.2) is 4.79 Å². The quantitative estimate of drug-likeness (QED) is 0.753. The average molecular weight is 356 g/mol. The maximum Gasteiger partial charge on any atom is 0.319 e. The third-order valence-electron chi connectivity index (χ3n) is 4.37. The van der Waals surface area contributed by atoms with Crippen LogP contribution >= 0.6 is 11.3 Å². The minimum atomic E-state index is -0.195. The van der Waals surface area contributed by atoms with E-state index in [1.54, 1.807) is 22.1 Å². The van der Waals surface area contributed by atoms with Gasteiger partial charge in [0, 0.05) is 30.2 Å². The number of carbonyl (C=O) groups excluding carboxylic acids is 1. The highest BCUT2D eigenvalue weighted by atomic mass is 32.1. The van der Waals surface area contributed by atoms with Crippen molar-refractivity contribution in [2.45, 2.75) is 25.4 Å². The molecule has 1 fully saturated rings. The summed E-state index contributed by atoms with van der Waals surface area (Å²) in [6.45, 7) is 2.91. The number of pyridine rings is 1. The van der Waals surface area contributed by atoms with Gasteiger partial charge in [0.25, 0.3) is 0 Å². The minimum absolute atomic E-state index is 0.159. The average Bonchev–Trinajstić information content (AvgIpc) is 3.27. The highest BCUT2D eigenvalue weighted by Crippen LogP contribution is 2.17. The van der Waals surface area contributed by atoms with Crippen LogP contribution in [0.5, 0.6) is 0 Å². The zero-order valence-corrected chi connectivity index (χ0v) is 14.6. The monoisotopic (exact) mass is 356 g/mol. The topological polar surface area (TPSA) is 74.6 Å². The van der Waals surface area contributed by atoms with Crippen LogP contribution in [-0.4, -0.2) is 44.7 Å². The van der Waals surface area contributed by atoms with Gasteiger partial charge in [-0.05, 0) is 43.0 Å². The summed E-state index contributed by atoms with van der Waals surface area (Å²) in [6.07, 6.45) is 5.56. The first-order valence-corrected chi connectivity index (χ1v) is 9.26. The van der Waals surface area contributed by atoms with E-state index >= 15 is 0 Å². The zero-order valence-electron chi connectivity index (χ0n) is 13.8. The molecule has 0 unspecified atom stereocenters. The van der Waals surface area contributed by atoms with Gasteiger partial charge in [0.2, 0.25) is 0 Å². The van der Waals surface area contributed by atoms with E-state index in [-0.39, 0.29) is 12.1 Å². The molecule has 2 N–H and O–H groups in total. The van der Waals surface area contributed by atoms with Crippen LogP contribution < -0.4 is 10.6 Å². The predicted octanol–water partition coefficient (Wildman–Crippen LogP) is 2.58. The Labute approximate surface area is 149 Å². The number of rotatable bonds is 4. The van der Waals surface area contributed by atoms with Gasteiger partial charge in [-0.1, -0.05) is 6.07 Å². The van der Waals surface area contributed by atoms with Crippen LogP contribution in [0.2, 0.25) is 0 Å². The maximum absolute atomic E-state index is 12.4. The Morgan fingerprint density at radius 2 is 2.32 bits per heavy atom. The molecular formula is C17H20N6OS. The normalized spacial score (nSPS) is 18.3. The number of likely N-dealkylation sites (tertiary alicyclic amines) is 1. The predicted molar refractivity (Wildman–Crippen MR) is 97.8 cm³/mol. The van der Waals surface area contributed by atoms with E-state index in [9.17, 15) is 4.79 Å². The molecule has 3 aromatic heterocycles. The molecule has 1 saturated heterocycles. The Morgan fingerprint density at radius 3 is 3.20 bits per heavy atom. The maximum atomic E-state index is 12.4. The number of anilines is 1. The summed E-state index contributed by atoms with van der Waals surface area (Å²) in [5.74, 6) is 0. The van der Waals surface area contributed by atoms with Gasteiger partial charge in [-0.2, -0.15) is 0 Å². The summed E-state index contributed by atoms with van der Waals surface area (Å²) in [7, 11) is 0. The summed E-state index contributed by atoms with van der Waals surface area (Å²) < 4.78 is 1.78. The lowest BCUT2D eigenvalue weighted by Gasteiger charge is -2.32. The number of amides is 2. The molecular weight excluding hydrogens is 336 g/mol. The van der Waals surface area contributed by atoms with E-state index in [4.69, 9.17) is 0 Å². The second kappa shape index (κ2) is 7.20. The van der Waals surface area contributed by atoms with Gasteiger partial charge in [0.05, 0.1) is 5.69 Å². The Hall–Kier alpha value is -2.45. The van der Waals surface area contributed by atoms with Crippen LogP contribution in [-0.2, 0) is 6.54 Å². The van der Waals surface area contributed by atoms with Crippen molar-refractivity contribution in [3.63, 3.8) is 0 Å². The second-order valence-corrected chi connectivity index (χ2v) is 7.27. The summed E-state index contributed by atoms with van der Waals surface area (Å²) in [5, 5.41) is 16.0. The van der Waals surface area contributed by atoms with Gasteiger partial charge < -0.3 is 10.6 Å². The number of urea groups is 1. The minimum Gasteiger partial charge on any atom is -0.334 e. The van der Waals surface area contributed by atoms with E-state index in [1.807, 2.05) is 18.3 Å². The molecule has 7 nitrogen and oxygen atoms in total. The number of hydrogen-bond donors (Lipinski definition) is 2. The lowest BCUT2D eigenvalue weighted by atomic mass is 10.1. The van der Waals surface area contributed by atoms with Crippen LogP contribution in [0, 0.1) is 0 Å². The Bertz CT molecular complexity index is 846. The van der Waals surface area contributed by atoms with Gasteiger partial charge in [0.1, 0.15) is 6.33 Å². The molecule has 1 aliphatic heterocycles. The molecule has 1 atom stereocenters. The fraction of sp³-hybridized carbons (Fsp3) is 0.353. The fourth-order valence-electron chi connectivity index (χ4n) is 3.23. The van der Waals surface area contributed by atoms with Crippen LogP contribution in [0.15, 0.2) is 42.2 Å². The second-order valence-electron chi connectivity index (χ2n) is 6.24. The van der Waals surface area contributed by atoms with E-state index in [1.165, 1.54) is 4.88 Å². The van der Waals surface area contributed by atoms with E-state index in [2.05, 4.69) is 43.2 Å². The van der Waals surface area contributed by atoms with Crippen molar-refractivity contribution in [3.8, 4) is 0 Å². The van der Waals surface area contributed by atoms with Gasteiger partial charge in [0.15, 0.2) is 5.65 Å². The first-order chi connectivity index (χ1) is 12.3. The number of nitrogens with zero attached hydrogens (tertiary/aromatic N) is 4. The van der Waals surface area contributed by atoms with E-state index in [0.717, 1.165) is 32.5 Å². The van der Waals surface area contributed by atoms with Crippen molar-refractivity contribution < 1.29 is 4.79 Å². The van der Waals surface area contributed by atoms with E-state index in [0.29, 0.717) is 11.3 Å². The van der Waals surface area contributed by atoms with Crippen molar-refractivity contribution in [3.05, 3.63) is 47.0 Å². The number of thiophene rings is 1. The molecule has 130 valence electrons. The van der Waals surface area contributed by atoms with Crippen molar-refractivity contribution >= 4 is 28.7 Å². The van der Waals surface area contributed by atoms with Crippen LogP contribution in [0.4, 0.5) is 10.5 Å². The number of piperidine rings is 1. The third kappa shape index (κ3) is 3.80. The summed E-state index contributed by atoms with van der Waals surface area (Å²) in [6, 6.07) is 7.89. The first kappa shape index (κ1) is 16.0. The molecule has 4 heterocycles. The molecule has 3 aromatic rings. The molecule has 0 aromatic carbocycles. The fourth-order valence-corrected chi connectivity index (χ4v) is 3.98. The number of hydrogen-bond acceptors (Lipinski definition) is 5. The smallest absolute Gasteiger partial charge is 0.319 e. The van der Waals surface area contributed by atoms with E-state index < -0.39 is 0 Å². The third-order valence-corrected chi connectivity index (χ3v) is 5.23. The Balaban J connectivity index is 1.35. The first-order valence-electron chi connectivity index (χ1n) is 8.38. The van der Waals surface area contributed by atoms with Crippen molar-refractivity contribution in [1.29, 1.82) is 0 Å². The molecule has 0 bridgehead atoms. The molecule has 0 radical (unpaired) electrons. The van der Waals surface area contributed by atoms with Gasteiger partial charge in [-0.3, -0.25) is 9.30 Å². The number of fused-ring (bicyclic) bond motifs is 1. The van der Waals surface area contributed by atoms with Crippen molar-refractivity contribution in [1.82, 2.24) is 24.8 Å². The number of carbonyl (C=O) groups is 1. The number of aromatic nitrogens is 3. The highest BCUT2D eigenvalue weighted by Gasteiger charge is 2.22.